The van der Waals surface area contributed by atoms with Crippen molar-refractivity contribution in [2.24, 2.45) is 0 Å². The van der Waals surface area contributed by atoms with Crippen LogP contribution in [0.1, 0.15) is 27.7 Å². The molecule has 0 aliphatic rings. The van der Waals surface area contributed by atoms with Crippen LogP contribution in [-0.2, 0) is 0 Å². The molecule has 0 spiro atoms. The van der Waals surface area contributed by atoms with Crippen molar-refractivity contribution < 1.29 is 18.9 Å². The van der Waals surface area contributed by atoms with Crippen molar-refractivity contribution in [1.82, 2.24) is 0 Å². The Bertz CT molecular complexity index is 792. The summed E-state index contributed by atoms with van der Waals surface area (Å²) in [6.45, 7) is 22.3. The molecule has 0 unspecified atom stereocenters. The van der Waals surface area contributed by atoms with Crippen LogP contribution in [0.25, 0.3) is 11.1 Å². The molecule has 0 amide bonds. The van der Waals surface area contributed by atoms with Gasteiger partial charge in [-0.25, -0.2) is 0 Å². The van der Waals surface area contributed by atoms with Crippen LogP contribution in [0.2, 0.25) is 0 Å². The monoisotopic (exact) mass is 378 g/mol. The molecule has 2 aromatic carbocycles. The molecular weight excluding hydrogens is 352 g/mol. The van der Waals surface area contributed by atoms with E-state index in [1.54, 1.807) is 39.8 Å². The molecule has 0 fully saturated rings. The molecule has 0 saturated heterocycles. The van der Waals surface area contributed by atoms with E-state index >= 15 is 0 Å². The van der Waals surface area contributed by atoms with Gasteiger partial charge in [0.05, 0.1) is 23.0 Å². The summed E-state index contributed by atoms with van der Waals surface area (Å²) in [5.41, 5.74) is 1.71. The van der Waals surface area contributed by atoms with E-state index in [4.69, 9.17) is 18.9 Å². The molecule has 0 atom stereocenters. The van der Waals surface area contributed by atoms with Crippen LogP contribution in [0.5, 0.6) is 23.0 Å². The summed E-state index contributed by atoms with van der Waals surface area (Å²) in [7, 11) is 0. The summed E-state index contributed by atoms with van der Waals surface area (Å²) < 4.78 is 22.8. The lowest BCUT2D eigenvalue weighted by Crippen LogP contribution is -1.95. The quantitative estimate of drug-likeness (QED) is 0.440. The second kappa shape index (κ2) is 9.00. The van der Waals surface area contributed by atoms with Crippen LogP contribution in [-0.4, -0.2) is 0 Å². The third-order valence-corrected chi connectivity index (χ3v) is 3.26. The lowest BCUT2D eigenvalue weighted by atomic mass is 10.0. The summed E-state index contributed by atoms with van der Waals surface area (Å²) in [5.74, 6) is 4.72. The Kier molecular flexibility index (Phi) is 6.72. The third-order valence-electron chi connectivity index (χ3n) is 3.26. The van der Waals surface area contributed by atoms with Crippen molar-refractivity contribution in [3.05, 3.63) is 85.8 Å². The topological polar surface area (TPSA) is 36.9 Å². The maximum atomic E-state index is 5.69. The van der Waals surface area contributed by atoms with Crippen molar-refractivity contribution in [1.29, 1.82) is 0 Å². The summed E-state index contributed by atoms with van der Waals surface area (Å²) in [4.78, 5) is 0. The van der Waals surface area contributed by atoms with Gasteiger partial charge in [0.15, 0.2) is 0 Å². The van der Waals surface area contributed by atoms with Gasteiger partial charge in [-0.05, 0) is 63.1 Å². The second-order valence-corrected chi connectivity index (χ2v) is 6.60. The molecule has 2 rings (SSSR count). The number of benzene rings is 2. The van der Waals surface area contributed by atoms with Crippen LogP contribution >= 0.6 is 0 Å². The van der Waals surface area contributed by atoms with Gasteiger partial charge in [-0.2, -0.15) is 0 Å². The Morgan fingerprint density at radius 3 is 0.857 bits per heavy atom. The molecule has 0 bridgehead atoms. The SMILES string of the molecule is C=C(C)Oc1cc(OC(=C)C)cc(-c2cc(OC(=C)C)cc(OC(=C)C)c2)c1. The molecule has 0 aliphatic heterocycles. The van der Waals surface area contributed by atoms with E-state index < -0.39 is 0 Å². The van der Waals surface area contributed by atoms with E-state index in [-0.39, 0.29) is 0 Å². The fourth-order valence-corrected chi connectivity index (χ4v) is 2.52. The number of ether oxygens (including phenoxy) is 4. The first-order chi connectivity index (χ1) is 13.1. The Morgan fingerprint density at radius 1 is 0.464 bits per heavy atom. The Hall–Kier alpha value is -3.40. The van der Waals surface area contributed by atoms with Crippen molar-refractivity contribution >= 4 is 0 Å². The minimum atomic E-state index is 0.573. The molecule has 0 radical (unpaired) electrons. The molecule has 28 heavy (non-hydrogen) atoms. The lowest BCUT2D eigenvalue weighted by Gasteiger charge is -2.15. The molecule has 0 heterocycles. The van der Waals surface area contributed by atoms with Gasteiger partial charge in [-0.3, -0.25) is 0 Å². The zero-order chi connectivity index (χ0) is 20.8. The van der Waals surface area contributed by atoms with Gasteiger partial charge in [-0.1, -0.05) is 26.3 Å². The number of hydrogen-bond donors (Lipinski definition) is 0. The molecular formula is C24H26O4. The van der Waals surface area contributed by atoms with Gasteiger partial charge in [0.25, 0.3) is 0 Å². The minimum Gasteiger partial charge on any atom is -0.462 e. The first kappa shape index (κ1) is 20.9. The molecule has 4 heteroatoms. The van der Waals surface area contributed by atoms with E-state index in [0.29, 0.717) is 46.0 Å². The van der Waals surface area contributed by atoms with E-state index in [9.17, 15) is 0 Å². The fourth-order valence-electron chi connectivity index (χ4n) is 2.52. The van der Waals surface area contributed by atoms with E-state index in [1.165, 1.54) is 0 Å². The van der Waals surface area contributed by atoms with Crippen LogP contribution in [0.15, 0.2) is 85.8 Å². The van der Waals surface area contributed by atoms with Crippen molar-refractivity contribution in [2.75, 3.05) is 0 Å². The minimum absolute atomic E-state index is 0.573. The van der Waals surface area contributed by atoms with Crippen LogP contribution in [0.4, 0.5) is 0 Å². The average Bonchev–Trinajstić information content (AvgIpc) is 2.51. The first-order valence-electron chi connectivity index (χ1n) is 8.76. The molecule has 0 aliphatic carbocycles. The molecule has 0 saturated carbocycles. The smallest absolute Gasteiger partial charge is 0.131 e. The highest BCUT2D eigenvalue weighted by Gasteiger charge is 2.11. The summed E-state index contributed by atoms with van der Waals surface area (Å²) in [6.07, 6.45) is 0. The molecule has 4 nitrogen and oxygen atoms in total. The van der Waals surface area contributed by atoms with E-state index in [2.05, 4.69) is 26.3 Å². The van der Waals surface area contributed by atoms with E-state index in [1.807, 2.05) is 24.3 Å². The number of rotatable bonds is 9. The zero-order valence-corrected chi connectivity index (χ0v) is 16.9. The molecule has 0 aromatic heterocycles. The summed E-state index contributed by atoms with van der Waals surface area (Å²) >= 11 is 0. The average molecular weight is 378 g/mol. The summed E-state index contributed by atoms with van der Waals surface area (Å²) in [5, 5.41) is 0. The normalized spacial score (nSPS) is 10.0. The van der Waals surface area contributed by atoms with Gasteiger partial charge in [-0.15, -0.1) is 0 Å². The maximum Gasteiger partial charge on any atom is 0.131 e. The van der Waals surface area contributed by atoms with E-state index in [0.717, 1.165) is 11.1 Å². The zero-order valence-electron chi connectivity index (χ0n) is 16.9. The van der Waals surface area contributed by atoms with Crippen LogP contribution < -0.4 is 18.9 Å². The predicted molar refractivity (Wildman–Crippen MR) is 114 cm³/mol. The predicted octanol–water partition coefficient (Wildman–Crippen LogP) is 7.00. The molecule has 146 valence electrons. The van der Waals surface area contributed by atoms with Crippen molar-refractivity contribution in [2.45, 2.75) is 27.7 Å². The maximum absolute atomic E-state index is 5.69. The number of hydrogen-bond acceptors (Lipinski definition) is 4. The van der Waals surface area contributed by atoms with Gasteiger partial charge in [0, 0.05) is 12.1 Å². The second-order valence-electron chi connectivity index (χ2n) is 6.60. The van der Waals surface area contributed by atoms with Gasteiger partial charge in [0.1, 0.15) is 23.0 Å². The fraction of sp³-hybridized carbons (Fsp3) is 0.167. The van der Waals surface area contributed by atoms with Crippen molar-refractivity contribution in [3.63, 3.8) is 0 Å². The lowest BCUT2D eigenvalue weighted by molar-refractivity contribution is 0.409. The standard InChI is InChI=1S/C24H26O4/c1-15(2)25-21-9-19(10-22(13-21)26-16(3)4)20-11-23(27-17(5)6)14-24(12-20)28-18(7)8/h9-14H,1,3,5,7H2,2,4,6,8H3. The van der Waals surface area contributed by atoms with Gasteiger partial charge >= 0.3 is 0 Å². The Morgan fingerprint density at radius 2 is 0.679 bits per heavy atom. The highest BCUT2D eigenvalue weighted by Crippen LogP contribution is 2.36. The van der Waals surface area contributed by atoms with Crippen LogP contribution in [0.3, 0.4) is 0 Å². The third kappa shape index (κ3) is 6.40. The Labute approximate surface area is 167 Å². The number of allylic oxidation sites excluding steroid dienone is 4. The van der Waals surface area contributed by atoms with Gasteiger partial charge < -0.3 is 18.9 Å². The Balaban J connectivity index is 2.59. The van der Waals surface area contributed by atoms with Crippen molar-refractivity contribution in [3.8, 4) is 34.1 Å². The largest absolute Gasteiger partial charge is 0.462 e. The molecule has 0 N–H and O–H groups in total. The summed E-state index contributed by atoms with van der Waals surface area (Å²) in [6, 6.07) is 11.1. The van der Waals surface area contributed by atoms with Gasteiger partial charge in [0.2, 0.25) is 0 Å². The van der Waals surface area contributed by atoms with Crippen LogP contribution in [0, 0.1) is 0 Å². The molecule has 2 aromatic rings. The first-order valence-corrected chi connectivity index (χ1v) is 8.76. The highest BCUT2D eigenvalue weighted by molar-refractivity contribution is 5.70. The highest BCUT2D eigenvalue weighted by atomic mass is 16.5.